The number of carbonyl (C=O) groups is 1. The van der Waals surface area contributed by atoms with Crippen LogP contribution >= 0.6 is 0 Å². The second-order valence-corrected chi connectivity index (χ2v) is 5.35. The molecule has 2 heterocycles. The first kappa shape index (κ1) is 15.9. The summed E-state index contributed by atoms with van der Waals surface area (Å²) in [6.07, 6.45) is 4.17. The lowest BCUT2D eigenvalue weighted by Gasteiger charge is -2.23. The molecule has 1 atom stereocenters. The van der Waals surface area contributed by atoms with Crippen molar-refractivity contribution >= 4 is 5.91 Å². The Balaban J connectivity index is 1.88. The van der Waals surface area contributed by atoms with Crippen LogP contribution < -0.4 is 5.32 Å². The van der Waals surface area contributed by atoms with Gasteiger partial charge in [0.15, 0.2) is 5.82 Å². The minimum Gasteiger partial charge on any atom is -0.385 e. The summed E-state index contributed by atoms with van der Waals surface area (Å²) in [6.45, 7) is 4.75. The van der Waals surface area contributed by atoms with Crippen molar-refractivity contribution in [1.82, 2.24) is 20.1 Å². The second kappa shape index (κ2) is 8.09. The zero-order valence-electron chi connectivity index (χ0n) is 12.7. The van der Waals surface area contributed by atoms with Crippen molar-refractivity contribution < 1.29 is 14.3 Å². The Bertz CT molecular complexity index is 443. The van der Waals surface area contributed by atoms with E-state index in [0.717, 1.165) is 31.6 Å². The minimum absolute atomic E-state index is 0.0473. The number of carbonyl (C=O) groups excluding carboxylic acids is 1. The predicted molar refractivity (Wildman–Crippen MR) is 76.6 cm³/mol. The number of hydrogen-bond acceptors (Lipinski definition) is 5. The van der Waals surface area contributed by atoms with Gasteiger partial charge >= 0.3 is 0 Å². The third-order valence-electron chi connectivity index (χ3n) is 3.73. The van der Waals surface area contributed by atoms with Crippen LogP contribution in [0.4, 0.5) is 0 Å². The lowest BCUT2D eigenvalue weighted by Crippen LogP contribution is -2.36. The van der Waals surface area contributed by atoms with Crippen molar-refractivity contribution in [2.45, 2.75) is 38.8 Å². The number of amides is 1. The lowest BCUT2D eigenvalue weighted by atomic mass is 9.99. The molecule has 0 aromatic carbocycles. The summed E-state index contributed by atoms with van der Waals surface area (Å²) in [7, 11) is 1.68. The Labute approximate surface area is 125 Å². The molecule has 0 spiro atoms. The molecular formula is C14H24N4O3. The average Bonchev–Trinajstić information content (AvgIpc) is 2.97. The van der Waals surface area contributed by atoms with Gasteiger partial charge in [0.05, 0.1) is 6.04 Å². The molecule has 0 bridgehead atoms. The molecule has 0 aliphatic carbocycles. The van der Waals surface area contributed by atoms with Crippen LogP contribution in [-0.2, 0) is 20.8 Å². The number of ether oxygens (including phenoxy) is 2. The highest BCUT2D eigenvalue weighted by molar-refractivity contribution is 5.79. The molecule has 21 heavy (non-hydrogen) atoms. The maximum atomic E-state index is 12.2. The Kier molecular flexibility index (Phi) is 6.13. The molecule has 1 amide bonds. The molecule has 1 N–H and O–H groups in total. The topological polar surface area (TPSA) is 78.3 Å². The lowest BCUT2D eigenvalue weighted by molar-refractivity contribution is -0.128. The number of aromatic nitrogens is 3. The van der Waals surface area contributed by atoms with Gasteiger partial charge in [0.1, 0.15) is 6.33 Å². The smallest absolute Gasteiger partial charge is 0.223 e. The van der Waals surface area contributed by atoms with Crippen molar-refractivity contribution in [3.05, 3.63) is 12.2 Å². The molecular weight excluding hydrogens is 272 g/mol. The SMILES string of the molecule is COCCCn1cnnc1[C@@H](C)NC(=O)C1CCOCC1. The number of aryl methyl sites for hydroxylation is 1. The predicted octanol–water partition coefficient (Wildman–Crippen LogP) is 0.918. The Morgan fingerprint density at radius 2 is 2.33 bits per heavy atom. The first-order chi connectivity index (χ1) is 10.2. The van der Waals surface area contributed by atoms with Crippen LogP contribution in [0, 0.1) is 5.92 Å². The minimum atomic E-state index is -0.148. The van der Waals surface area contributed by atoms with E-state index in [1.54, 1.807) is 13.4 Å². The molecule has 118 valence electrons. The molecule has 7 heteroatoms. The summed E-state index contributed by atoms with van der Waals surface area (Å²) in [6, 6.07) is -0.148. The zero-order valence-corrected chi connectivity index (χ0v) is 12.7. The van der Waals surface area contributed by atoms with E-state index in [1.165, 1.54) is 0 Å². The van der Waals surface area contributed by atoms with E-state index in [4.69, 9.17) is 9.47 Å². The van der Waals surface area contributed by atoms with Crippen LogP contribution in [0.2, 0.25) is 0 Å². The van der Waals surface area contributed by atoms with Crippen molar-refractivity contribution in [2.24, 2.45) is 5.92 Å². The monoisotopic (exact) mass is 296 g/mol. The Hall–Kier alpha value is -1.47. The standard InChI is InChI=1S/C14H24N4O3/c1-11(16-14(19)12-4-8-21-9-5-12)13-17-15-10-18(13)6-3-7-20-2/h10-12H,3-9H2,1-2H3,(H,16,19)/t11-/m1/s1. The summed E-state index contributed by atoms with van der Waals surface area (Å²) in [5.74, 6) is 0.912. The van der Waals surface area contributed by atoms with Crippen LogP contribution in [0.15, 0.2) is 6.33 Å². The van der Waals surface area contributed by atoms with Crippen molar-refractivity contribution in [3.63, 3.8) is 0 Å². The quantitative estimate of drug-likeness (QED) is 0.757. The first-order valence-electron chi connectivity index (χ1n) is 7.47. The van der Waals surface area contributed by atoms with Crippen molar-refractivity contribution in [1.29, 1.82) is 0 Å². The van der Waals surface area contributed by atoms with Crippen LogP contribution in [-0.4, -0.2) is 47.6 Å². The van der Waals surface area contributed by atoms with Crippen LogP contribution in [0.25, 0.3) is 0 Å². The van der Waals surface area contributed by atoms with Gasteiger partial charge in [-0.25, -0.2) is 0 Å². The van der Waals surface area contributed by atoms with E-state index in [9.17, 15) is 4.79 Å². The van der Waals surface area contributed by atoms with Crippen molar-refractivity contribution in [3.8, 4) is 0 Å². The fraction of sp³-hybridized carbons (Fsp3) is 0.786. The summed E-state index contributed by atoms with van der Waals surface area (Å²) >= 11 is 0. The molecule has 1 fully saturated rings. The number of nitrogens with zero attached hydrogens (tertiary/aromatic N) is 3. The van der Waals surface area contributed by atoms with E-state index in [1.807, 2.05) is 11.5 Å². The van der Waals surface area contributed by atoms with E-state index in [0.29, 0.717) is 19.8 Å². The molecule has 1 saturated heterocycles. The number of methoxy groups -OCH3 is 1. The largest absolute Gasteiger partial charge is 0.385 e. The second-order valence-electron chi connectivity index (χ2n) is 5.35. The summed E-state index contributed by atoms with van der Waals surface area (Å²) in [5.41, 5.74) is 0. The van der Waals surface area contributed by atoms with Crippen molar-refractivity contribution in [2.75, 3.05) is 26.9 Å². The van der Waals surface area contributed by atoms with E-state index in [-0.39, 0.29) is 17.9 Å². The van der Waals surface area contributed by atoms with Gasteiger partial charge in [0.2, 0.25) is 5.91 Å². The normalized spacial score (nSPS) is 17.6. The van der Waals surface area contributed by atoms with Gasteiger partial charge in [0, 0.05) is 39.4 Å². The van der Waals surface area contributed by atoms with Gasteiger partial charge in [-0.2, -0.15) is 0 Å². The number of rotatable bonds is 7. The van der Waals surface area contributed by atoms with Gasteiger partial charge in [-0.05, 0) is 26.2 Å². The maximum Gasteiger partial charge on any atom is 0.223 e. The third kappa shape index (κ3) is 4.50. The molecule has 0 unspecified atom stereocenters. The van der Waals surface area contributed by atoms with Crippen LogP contribution in [0.1, 0.15) is 38.1 Å². The highest BCUT2D eigenvalue weighted by Crippen LogP contribution is 2.17. The third-order valence-corrected chi connectivity index (χ3v) is 3.73. The van der Waals surface area contributed by atoms with E-state index in [2.05, 4.69) is 15.5 Å². The molecule has 1 aliphatic heterocycles. The summed E-state index contributed by atoms with van der Waals surface area (Å²) < 4.78 is 12.3. The molecule has 1 aliphatic rings. The van der Waals surface area contributed by atoms with Gasteiger partial charge in [0.25, 0.3) is 0 Å². The zero-order chi connectivity index (χ0) is 15.1. The molecule has 7 nitrogen and oxygen atoms in total. The fourth-order valence-corrected chi connectivity index (χ4v) is 2.51. The Morgan fingerprint density at radius 1 is 1.57 bits per heavy atom. The summed E-state index contributed by atoms with van der Waals surface area (Å²) in [4.78, 5) is 12.2. The van der Waals surface area contributed by atoms with Gasteiger partial charge < -0.3 is 19.4 Å². The van der Waals surface area contributed by atoms with Gasteiger partial charge in [-0.15, -0.1) is 10.2 Å². The highest BCUT2D eigenvalue weighted by atomic mass is 16.5. The number of nitrogens with one attached hydrogen (secondary N) is 1. The van der Waals surface area contributed by atoms with Gasteiger partial charge in [-0.3, -0.25) is 4.79 Å². The Morgan fingerprint density at radius 3 is 3.05 bits per heavy atom. The first-order valence-corrected chi connectivity index (χ1v) is 7.47. The fourth-order valence-electron chi connectivity index (χ4n) is 2.51. The highest BCUT2D eigenvalue weighted by Gasteiger charge is 2.24. The van der Waals surface area contributed by atoms with E-state index >= 15 is 0 Å². The molecule has 1 aromatic rings. The summed E-state index contributed by atoms with van der Waals surface area (Å²) in [5, 5.41) is 11.1. The average molecular weight is 296 g/mol. The molecule has 1 aromatic heterocycles. The van der Waals surface area contributed by atoms with Gasteiger partial charge in [-0.1, -0.05) is 0 Å². The van der Waals surface area contributed by atoms with Crippen LogP contribution in [0.5, 0.6) is 0 Å². The van der Waals surface area contributed by atoms with E-state index < -0.39 is 0 Å². The van der Waals surface area contributed by atoms with Crippen LogP contribution in [0.3, 0.4) is 0 Å². The molecule has 0 saturated carbocycles. The maximum absolute atomic E-state index is 12.2. The molecule has 2 rings (SSSR count). The number of hydrogen-bond donors (Lipinski definition) is 1. The molecule has 0 radical (unpaired) electrons.